The number of fused-ring (bicyclic) bond motifs is 1. The van der Waals surface area contributed by atoms with Gasteiger partial charge in [0, 0.05) is 23.2 Å². The predicted octanol–water partition coefficient (Wildman–Crippen LogP) is 6.87. The third-order valence-corrected chi connectivity index (χ3v) is 6.58. The summed E-state index contributed by atoms with van der Waals surface area (Å²) in [5, 5.41) is 10.8. The number of aromatic nitrogens is 3. The van der Waals surface area contributed by atoms with E-state index in [0.717, 1.165) is 35.2 Å². The molecular formula is C29H39F3N6O4. The van der Waals surface area contributed by atoms with Crippen LogP contribution in [-0.2, 0) is 9.47 Å². The van der Waals surface area contributed by atoms with Gasteiger partial charge in [-0.25, -0.2) is 22.8 Å². The maximum Gasteiger partial charge on any atom is 0.437 e. The smallest absolute Gasteiger partial charge is 0.437 e. The van der Waals surface area contributed by atoms with E-state index in [1.54, 1.807) is 59.7 Å². The van der Waals surface area contributed by atoms with Crippen molar-refractivity contribution in [1.29, 1.82) is 0 Å². The second-order valence-electron chi connectivity index (χ2n) is 12.5. The number of carbonyl (C=O) groups excluding carboxylic acids is 2. The molecule has 1 fully saturated rings. The number of hydrogen-bond acceptors (Lipinski definition) is 7. The van der Waals surface area contributed by atoms with Gasteiger partial charge in [0.15, 0.2) is 0 Å². The number of benzene rings is 1. The zero-order valence-corrected chi connectivity index (χ0v) is 25.0. The van der Waals surface area contributed by atoms with E-state index in [0.29, 0.717) is 11.1 Å². The number of amides is 1. The number of rotatable bonds is 6. The Morgan fingerprint density at radius 1 is 1.00 bits per heavy atom. The SMILES string of the molecule is CN1CCC(Nc2cccc3c2cc(-c2cc(NC(=O)OC(C)(C)C)n(C(=O)OC(C)(C)C)n2)n3C(F)C(F)F)CC1. The van der Waals surface area contributed by atoms with Crippen molar-refractivity contribution in [3.8, 4) is 11.4 Å². The molecule has 1 saturated heterocycles. The first-order valence-corrected chi connectivity index (χ1v) is 13.9. The van der Waals surface area contributed by atoms with Crippen LogP contribution >= 0.6 is 0 Å². The lowest BCUT2D eigenvalue weighted by atomic mass is 10.0. The van der Waals surface area contributed by atoms with Crippen LogP contribution in [0, 0.1) is 0 Å². The molecular weight excluding hydrogens is 553 g/mol. The van der Waals surface area contributed by atoms with Crippen LogP contribution in [0.2, 0.25) is 0 Å². The van der Waals surface area contributed by atoms with Crippen LogP contribution < -0.4 is 10.6 Å². The van der Waals surface area contributed by atoms with Crippen LogP contribution in [0.15, 0.2) is 30.3 Å². The Balaban J connectivity index is 1.82. The van der Waals surface area contributed by atoms with Gasteiger partial charge in [-0.2, -0.15) is 5.10 Å². The van der Waals surface area contributed by atoms with Gasteiger partial charge in [0.25, 0.3) is 6.43 Å². The number of anilines is 2. The van der Waals surface area contributed by atoms with E-state index in [1.165, 1.54) is 6.07 Å². The summed E-state index contributed by atoms with van der Waals surface area (Å²) in [6.07, 6.45) is -6.06. The molecule has 13 heteroatoms. The molecule has 4 rings (SSSR count). The van der Waals surface area contributed by atoms with E-state index >= 15 is 4.39 Å². The predicted molar refractivity (Wildman–Crippen MR) is 155 cm³/mol. The van der Waals surface area contributed by atoms with Crippen molar-refractivity contribution < 1.29 is 32.2 Å². The van der Waals surface area contributed by atoms with Crippen LogP contribution in [0.1, 0.15) is 60.7 Å². The molecule has 3 heterocycles. The summed E-state index contributed by atoms with van der Waals surface area (Å²) in [7, 11) is 2.05. The van der Waals surface area contributed by atoms with E-state index in [9.17, 15) is 18.4 Å². The second-order valence-corrected chi connectivity index (χ2v) is 12.5. The Hall–Kier alpha value is -3.74. The Kier molecular flexibility index (Phi) is 8.81. The fourth-order valence-corrected chi connectivity index (χ4v) is 4.77. The van der Waals surface area contributed by atoms with Gasteiger partial charge in [-0.3, -0.25) is 5.32 Å². The number of carbonyl (C=O) groups is 2. The average Bonchev–Trinajstić information content (AvgIpc) is 3.45. The highest BCUT2D eigenvalue weighted by molar-refractivity contribution is 5.97. The quantitative estimate of drug-likeness (QED) is 0.322. The zero-order valence-electron chi connectivity index (χ0n) is 25.0. The summed E-state index contributed by atoms with van der Waals surface area (Å²) in [5.41, 5.74) is -0.894. The molecule has 0 aliphatic carbocycles. The van der Waals surface area contributed by atoms with Crippen LogP contribution in [-0.4, -0.2) is 75.2 Å². The van der Waals surface area contributed by atoms with Gasteiger partial charge in [-0.1, -0.05) is 6.07 Å². The number of hydrogen-bond donors (Lipinski definition) is 2. The van der Waals surface area contributed by atoms with Crippen molar-refractivity contribution in [2.24, 2.45) is 0 Å². The Morgan fingerprint density at radius 2 is 1.64 bits per heavy atom. The summed E-state index contributed by atoms with van der Waals surface area (Å²) in [5.74, 6) is -0.137. The molecule has 1 aliphatic heterocycles. The molecule has 1 unspecified atom stereocenters. The monoisotopic (exact) mass is 592 g/mol. The van der Waals surface area contributed by atoms with Gasteiger partial charge in [0.2, 0.25) is 6.30 Å². The molecule has 0 saturated carbocycles. The summed E-state index contributed by atoms with van der Waals surface area (Å²) in [6, 6.07) is 8.05. The average molecular weight is 593 g/mol. The molecule has 42 heavy (non-hydrogen) atoms. The molecule has 3 aromatic rings. The molecule has 1 amide bonds. The maximum absolute atomic E-state index is 15.3. The number of nitrogens with zero attached hydrogens (tertiary/aromatic N) is 4. The first kappa shape index (κ1) is 31.2. The lowest BCUT2D eigenvalue weighted by molar-refractivity contribution is 0.0115. The van der Waals surface area contributed by atoms with Gasteiger partial charge in [0.05, 0.1) is 11.2 Å². The van der Waals surface area contributed by atoms with Crippen molar-refractivity contribution in [3.63, 3.8) is 0 Å². The number of nitrogens with one attached hydrogen (secondary N) is 2. The molecule has 0 bridgehead atoms. The third kappa shape index (κ3) is 7.36. The van der Waals surface area contributed by atoms with Gasteiger partial charge in [-0.15, -0.1) is 4.68 Å². The number of alkyl halides is 3. The highest BCUT2D eigenvalue weighted by Crippen LogP contribution is 2.38. The molecule has 1 aliphatic rings. The van der Waals surface area contributed by atoms with Crippen LogP contribution in [0.4, 0.5) is 34.3 Å². The minimum Gasteiger partial charge on any atom is -0.444 e. The zero-order chi connectivity index (χ0) is 31.0. The fourth-order valence-electron chi connectivity index (χ4n) is 4.77. The molecule has 230 valence electrons. The van der Waals surface area contributed by atoms with E-state index < -0.39 is 36.1 Å². The molecule has 2 aromatic heterocycles. The van der Waals surface area contributed by atoms with Crippen LogP contribution in [0.5, 0.6) is 0 Å². The highest BCUT2D eigenvalue weighted by atomic mass is 19.3. The van der Waals surface area contributed by atoms with Gasteiger partial charge in [-0.05, 0) is 92.7 Å². The lowest BCUT2D eigenvalue weighted by Crippen LogP contribution is -2.36. The van der Waals surface area contributed by atoms with Crippen molar-refractivity contribution in [1.82, 2.24) is 19.2 Å². The van der Waals surface area contributed by atoms with Gasteiger partial charge < -0.3 is 24.3 Å². The topological polar surface area (TPSA) is 103 Å². The summed E-state index contributed by atoms with van der Waals surface area (Å²) >= 11 is 0. The largest absolute Gasteiger partial charge is 0.444 e. The van der Waals surface area contributed by atoms with E-state index in [2.05, 4.69) is 27.7 Å². The molecule has 10 nitrogen and oxygen atoms in total. The number of halogens is 3. The minimum absolute atomic E-state index is 0.00928. The van der Waals surface area contributed by atoms with Crippen LogP contribution in [0.3, 0.4) is 0 Å². The number of piperidine rings is 1. The van der Waals surface area contributed by atoms with Gasteiger partial charge >= 0.3 is 12.2 Å². The maximum atomic E-state index is 15.3. The minimum atomic E-state index is -3.34. The van der Waals surface area contributed by atoms with E-state index in [1.807, 2.05) is 6.07 Å². The first-order valence-electron chi connectivity index (χ1n) is 13.9. The van der Waals surface area contributed by atoms with Crippen molar-refractivity contribution in [3.05, 3.63) is 30.3 Å². The summed E-state index contributed by atoms with van der Waals surface area (Å²) < 4.78 is 55.4. The van der Waals surface area contributed by atoms with Crippen molar-refractivity contribution in [2.75, 3.05) is 30.8 Å². The van der Waals surface area contributed by atoms with E-state index in [4.69, 9.17) is 9.47 Å². The first-order chi connectivity index (χ1) is 19.5. The third-order valence-electron chi connectivity index (χ3n) is 6.58. The van der Waals surface area contributed by atoms with Crippen LogP contribution in [0.25, 0.3) is 22.3 Å². The normalized spacial score (nSPS) is 16.1. The summed E-state index contributed by atoms with van der Waals surface area (Å²) in [4.78, 5) is 27.9. The standard InChI is InChI=1S/C29H39F3N6O4/c1-28(2,3)41-26(39)34-23-16-20(35-38(23)27(40)42-29(4,5)6)22-15-18-19(33-17-11-13-36(7)14-12-17)9-8-10-21(18)37(22)25(32)24(30)31/h8-10,15-17,24-25,33H,11-14H2,1-7H3,(H,34,39). The van der Waals surface area contributed by atoms with E-state index in [-0.39, 0.29) is 28.8 Å². The van der Waals surface area contributed by atoms with Crippen molar-refractivity contribution in [2.45, 2.75) is 84.3 Å². The number of ether oxygens (including phenoxy) is 2. The molecule has 2 N–H and O–H groups in total. The molecule has 1 aromatic carbocycles. The lowest BCUT2D eigenvalue weighted by Gasteiger charge is -2.30. The summed E-state index contributed by atoms with van der Waals surface area (Å²) in [6.45, 7) is 11.8. The van der Waals surface area contributed by atoms with Crippen molar-refractivity contribution >= 4 is 34.6 Å². The Bertz CT molecular complexity index is 1430. The Labute approximate surface area is 243 Å². The van der Waals surface area contributed by atoms with Gasteiger partial charge in [0.1, 0.15) is 22.7 Å². The Morgan fingerprint density at radius 3 is 2.24 bits per heavy atom. The molecule has 0 radical (unpaired) electrons. The second kappa shape index (κ2) is 11.9. The highest BCUT2D eigenvalue weighted by Gasteiger charge is 2.31. The molecule has 1 atom stereocenters. The molecule has 0 spiro atoms. The fraction of sp³-hybridized carbons (Fsp3) is 0.552. The number of likely N-dealkylation sites (tertiary alicyclic amines) is 1.